The van der Waals surface area contributed by atoms with Gasteiger partial charge in [-0.25, -0.2) is 4.98 Å². The molecule has 2 aromatic rings. The van der Waals surface area contributed by atoms with Crippen LogP contribution in [0.1, 0.15) is 38.8 Å². The lowest BCUT2D eigenvalue weighted by molar-refractivity contribution is -0.141. The summed E-state index contributed by atoms with van der Waals surface area (Å²) in [5, 5.41) is 10.6. The first-order chi connectivity index (χ1) is 12.4. The summed E-state index contributed by atoms with van der Waals surface area (Å²) >= 11 is 1.40. The molecule has 7 heteroatoms. The number of amides is 1. The fraction of sp³-hybridized carbons (Fsp3) is 0.421. The monoisotopic (exact) mass is 374 g/mol. The van der Waals surface area contributed by atoms with Crippen LogP contribution in [0.5, 0.6) is 5.75 Å². The Morgan fingerprint density at radius 3 is 2.77 bits per heavy atom. The number of aliphatic carboxylic acids is 1. The molecule has 1 aromatic carbocycles. The van der Waals surface area contributed by atoms with E-state index < -0.39 is 11.9 Å². The van der Waals surface area contributed by atoms with Crippen LogP contribution in [0.4, 0.5) is 0 Å². The summed E-state index contributed by atoms with van der Waals surface area (Å²) < 4.78 is 5.25. The third-order valence-electron chi connectivity index (χ3n) is 4.78. The zero-order valence-electron chi connectivity index (χ0n) is 15.1. The minimum atomic E-state index is -0.886. The number of nitrogens with zero attached hydrogens (tertiary/aromatic N) is 2. The van der Waals surface area contributed by atoms with Crippen molar-refractivity contribution < 1.29 is 19.4 Å². The summed E-state index contributed by atoms with van der Waals surface area (Å²) in [6, 6.07) is 7.41. The molecule has 0 radical (unpaired) electrons. The van der Waals surface area contributed by atoms with E-state index in [0.29, 0.717) is 22.9 Å². The number of rotatable bonds is 5. The molecule has 0 saturated carbocycles. The molecule has 2 atom stereocenters. The van der Waals surface area contributed by atoms with Crippen molar-refractivity contribution in [3.63, 3.8) is 0 Å². The Hall–Kier alpha value is -2.41. The van der Waals surface area contributed by atoms with Gasteiger partial charge < -0.3 is 14.7 Å². The Bertz CT molecular complexity index is 833. The number of thiazole rings is 1. The molecule has 2 heterocycles. The summed E-state index contributed by atoms with van der Waals surface area (Å²) in [5.74, 6) is -1.22. The van der Waals surface area contributed by atoms with Crippen LogP contribution >= 0.6 is 11.3 Å². The molecule has 6 nitrogen and oxygen atoms in total. The van der Waals surface area contributed by atoms with Crippen LogP contribution in [0.3, 0.4) is 0 Å². The number of carbonyl (C=O) groups is 2. The first-order valence-corrected chi connectivity index (χ1v) is 9.38. The van der Waals surface area contributed by atoms with Crippen molar-refractivity contribution in [1.82, 2.24) is 9.88 Å². The molecule has 1 saturated heterocycles. The van der Waals surface area contributed by atoms with Crippen molar-refractivity contribution >= 4 is 23.2 Å². The van der Waals surface area contributed by atoms with Gasteiger partial charge in [0.25, 0.3) is 5.91 Å². The quantitative estimate of drug-likeness (QED) is 0.870. The van der Waals surface area contributed by atoms with Gasteiger partial charge in [0.05, 0.1) is 23.7 Å². The molecule has 138 valence electrons. The Labute approximate surface area is 156 Å². The summed E-state index contributed by atoms with van der Waals surface area (Å²) in [4.78, 5) is 31.4. The van der Waals surface area contributed by atoms with E-state index in [4.69, 9.17) is 4.74 Å². The number of aryl methyl sites for hydroxylation is 2. The average Bonchev–Trinajstić information content (AvgIpc) is 3.25. The lowest BCUT2D eigenvalue weighted by atomic mass is 9.89. The molecule has 1 aliphatic heterocycles. The number of hydrogen-bond donors (Lipinski definition) is 1. The standard InChI is InChI=1S/C19H22N2O4S/c1-4-16-20-11(2)17(26-16)18(22)21-9-14(15(10-21)19(23)24)12-6-5-7-13(8-12)25-3/h5-8,14-15H,4,9-10H2,1-3H3,(H,23,24). The molecule has 1 aliphatic rings. The van der Waals surface area contributed by atoms with E-state index in [-0.39, 0.29) is 18.4 Å². The van der Waals surface area contributed by atoms with E-state index in [1.54, 1.807) is 12.0 Å². The van der Waals surface area contributed by atoms with E-state index in [2.05, 4.69) is 4.98 Å². The van der Waals surface area contributed by atoms with Gasteiger partial charge in [-0.05, 0) is 31.0 Å². The van der Waals surface area contributed by atoms with Gasteiger partial charge in [-0.3, -0.25) is 9.59 Å². The number of aromatic nitrogens is 1. The SMILES string of the molecule is CCc1nc(C)c(C(=O)N2CC(C(=O)O)C(c3cccc(OC)c3)C2)s1. The lowest BCUT2D eigenvalue weighted by Crippen LogP contribution is -2.29. The smallest absolute Gasteiger partial charge is 0.308 e. The van der Waals surface area contributed by atoms with E-state index in [0.717, 1.165) is 17.0 Å². The summed E-state index contributed by atoms with van der Waals surface area (Å²) in [5.41, 5.74) is 1.59. The van der Waals surface area contributed by atoms with E-state index in [9.17, 15) is 14.7 Å². The second kappa shape index (κ2) is 7.45. The Morgan fingerprint density at radius 1 is 1.38 bits per heavy atom. The maximum absolute atomic E-state index is 12.9. The third-order valence-corrected chi connectivity index (χ3v) is 6.07. The maximum Gasteiger partial charge on any atom is 0.308 e. The Morgan fingerprint density at radius 2 is 2.15 bits per heavy atom. The van der Waals surface area contributed by atoms with Crippen molar-refractivity contribution in [1.29, 1.82) is 0 Å². The molecule has 1 fully saturated rings. The van der Waals surface area contributed by atoms with Gasteiger partial charge in [-0.1, -0.05) is 19.1 Å². The van der Waals surface area contributed by atoms with Crippen molar-refractivity contribution in [3.05, 3.63) is 45.4 Å². The number of benzene rings is 1. The third kappa shape index (κ3) is 3.44. The molecular formula is C19H22N2O4S. The molecular weight excluding hydrogens is 352 g/mol. The molecule has 3 rings (SSSR count). The van der Waals surface area contributed by atoms with Crippen LogP contribution in [-0.2, 0) is 11.2 Å². The highest BCUT2D eigenvalue weighted by Gasteiger charge is 2.41. The topological polar surface area (TPSA) is 79.7 Å². The predicted molar refractivity (Wildman–Crippen MR) is 99.0 cm³/mol. The van der Waals surface area contributed by atoms with Crippen molar-refractivity contribution in [2.75, 3.05) is 20.2 Å². The predicted octanol–water partition coefficient (Wildman–Crippen LogP) is 2.96. The van der Waals surface area contributed by atoms with Crippen LogP contribution < -0.4 is 4.74 Å². The number of carbonyl (C=O) groups excluding carboxylic acids is 1. The first kappa shape index (κ1) is 18.4. The number of ether oxygens (including phenoxy) is 1. The highest BCUT2D eigenvalue weighted by molar-refractivity contribution is 7.13. The summed E-state index contributed by atoms with van der Waals surface area (Å²) in [6.45, 7) is 4.41. The number of likely N-dealkylation sites (tertiary alicyclic amines) is 1. The molecule has 0 spiro atoms. The van der Waals surface area contributed by atoms with E-state index in [1.807, 2.05) is 38.1 Å². The van der Waals surface area contributed by atoms with Gasteiger partial charge in [0.15, 0.2) is 0 Å². The van der Waals surface area contributed by atoms with Gasteiger partial charge in [0.1, 0.15) is 10.6 Å². The highest BCUT2D eigenvalue weighted by atomic mass is 32.1. The van der Waals surface area contributed by atoms with Crippen LogP contribution in [0.25, 0.3) is 0 Å². The minimum absolute atomic E-state index is 0.128. The fourth-order valence-electron chi connectivity index (χ4n) is 3.38. The van der Waals surface area contributed by atoms with E-state index in [1.165, 1.54) is 11.3 Å². The largest absolute Gasteiger partial charge is 0.497 e. The van der Waals surface area contributed by atoms with Gasteiger partial charge in [0.2, 0.25) is 0 Å². The number of carboxylic acid groups (broad SMARTS) is 1. The first-order valence-electron chi connectivity index (χ1n) is 8.56. The second-order valence-corrected chi connectivity index (χ2v) is 7.50. The fourth-order valence-corrected chi connectivity index (χ4v) is 4.35. The zero-order valence-corrected chi connectivity index (χ0v) is 15.9. The lowest BCUT2D eigenvalue weighted by Gasteiger charge is -2.16. The summed E-state index contributed by atoms with van der Waals surface area (Å²) in [7, 11) is 1.58. The highest BCUT2D eigenvalue weighted by Crippen LogP contribution is 2.35. The number of methoxy groups -OCH3 is 1. The number of carboxylic acids is 1. The normalized spacial score (nSPS) is 19.6. The van der Waals surface area contributed by atoms with E-state index >= 15 is 0 Å². The average molecular weight is 374 g/mol. The van der Waals surface area contributed by atoms with Gasteiger partial charge in [-0.15, -0.1) is 11.3 Å². The van der Waals surface area contributed by atoms with Gasteiger partial charge in [-0.2, -0.15) is 0 Å². The summed E-state index contributed by atoms with van der Waals surface area (Å²) in [6.07, 6.45) is 0.781. The van der Waals surface area contributed by atoms with Gasteiger partial charge >= 0.3 is 5.97 Å². The van der Waals surface area contributed by atoms with Crippen LogP contribution in [-0.4, -0.2) is 47.1 Å². The Kier molecular flexibility index (Phi) is 5.27. The molecule has 1 amide bonds. The van der Waals surface area contributed by atoms with Crippen LogP contribution in [0.2, 0.25) is 0 Å². The Balaban J connectivity index is 1.88. The zero-order chi connectivity index (χ0) is 18.8. The van der Waals surface area contributed by atoms with Crippen molar-refractivity contribution in [3.8, 4) is 5.75 Å². The number of hydrogen-bond acceptors (Lipinski definition) is 5. The van der Waals surface area contributed by atoms with Crippen molar-refractivity contribution in [2.45, 2.75) is 26.2 Å². The molecule has 26 heavy (non-hydrogen) atoms. The van der Waals surface area contributed by atoms with Gasteiger partial charge in [0, 0.05) is 19.0 Å². The molecule has 0 bridgehead atoms. The minimum Gasteiger partial charge on any atom is -0.497 e. The van der Waals surface area contributed by atoms with Crippen molar-refractivity contribution in [2.24, 2.45) is 5.92 Å². The van der Waals surface area contributed by atoms with Crippen LogP contribution in [0, 0.1) is 12.8 Å². The molecule has 2 unspecified atom stereocenters. The molecule has 1 aromatic heterocycles. The second-order valence-electron chi connectivity index (χ2n) is 6.41. The molecule has 1 N–H and O–H groups in total. The molecule has 0 aliphatic carbocycles. The maximum atomic E-state index is 12.9. The van der Waals surface area contributed by atoms with Crippen LogP contribution in [0.15, 0.2) is 24.3 Å².